The van der Waals surface area contributed by atoms with Crippen LogP contribution in [0.3, 0.4) is 0 Å². The Morgan fingerprint density at radius 1 is 0.818 bits per heavy atom. The highest BCUT2D eigenvalue weighted by atomic mass is 15.7. The van der Waals surface area contributed by atoms with E-state index in [-0.39, 0.29) is 0 Å². The van der Waals surface area contributed by atoms with E-state index in [1.165, 1.54) is 30.1 Å². The summed E-state index contributed by atoms with van der Waals surface area (Å²) >= 11 is 0. The van der Waals surface area contributed by atoms with Crippen molar-refractivity contribution >= 4 is 0 Å². The Kier molecular flexibility index (Phi) is 3.94. The fourth-order valence-electron chi connectivity index (χ4n) is 3.54. The highest BCUT2D eigenvalue weighted by Gasteiger charge is 2.40. The van der Waals surface area contributed by atoms with Crippen molar-refractivity contribution in [3.05, 3.63) is 78.0 Å². The lowest BCUT2D eigenvalue weighted by atomic mass is 10.1. The van der Waals surface area contributed by atoms with Gasteiger partial charge in [-0.1, -0.05) is 60.7 Å². The minimum absolute atomic E-state index is 0.384. The lowest BCUT2D eigenvalue weighted by molar-refractivity contribution is -0.00618. The Morgan fingerprint density at radius 3 is 2.14 bits per heavy atom. The second-order valence-electron chi connectivity index (χ2n) is 6.03. The fraction of sp³-hybridized carbons (Fsp3) is 0.316. The van der Waals surface area contributed by atoms with Crippen LogP contribution in [0.5, 0.6) is 0 Å². The van der Waals surface area contributed by atoms with Gasteiger partial charge in [0, 0.05) is 19.6 Å². The smallest absolute Gasteiger partial charge is 0.149 e. The Hall–Kier alpha value is -1.68. The van der Waals surface area contributed by atoms with Crippen molar-refractivity contribution in [2.75, 3.05) is 19.6 Å². The molecule has 0 aliphatic carbocycles. The minimum atomic E-state index is 0.384. The maximum Gasteiger partial charge on any atom is 0.149 e. The van der Waals surface area contributed by atoms with E-state index in [4.69, 9.17) is 0 Å². The van der Waals surface area contributed by atoms with Crippen LogP contribution >= 0.6 is 0 Å². The Balaban J connectivity index is 1.68. The van der Waals surface area contributed by atoms with E-state index in [9.17, 15) is 0 Å². The molecule has 22 heavy (non-hydrogen) atoms. The molecule has 0 spiro atoms. The second-order valence-corrected chi connectivity index (χ2v) is 6.03. The summed E-state index contributed by atoms with van der Waals surface area (Å²) in [6, 6.07) is 21.9. The molecule has 1 N–H and O–H groups in total. The molecule has 2 aliphatic heterocycles. The Morgan fingerprint density at radius 2 is 1.45 bits per heavy atom. The Bertz CT molecular complexity index is 545. The summed E-state index contributed by atoms with van der Waals surface area (Å²) in [6.45, 7) is 3.27. The average molecular weight is 292 g/mol. The molecular formula is C19H22N3. The molecule has 0 saturated carbocycles. The van der Waals surface area contributed by atoms with Gasteiger partial charge in [-0.3, -0.25) is 5.32 Å². The van der Waals surface area contributed by atoms with Gasteiger partial charge >= 0.3 is 0 Å². The first-order chi connectivity index (χ1) is 10.9. The summed E-state index contributed by atoms with van der Waals surface area (Å²) in [4.78, 5) is 0. The van der Waals surface area contributed by atoms with Crippen LogP contribution in [0.4, 0.5) is 0 Å². The number of rotatable bonds is 3. The summed E-state index contributed by atoms with van der Waals surface area (Å²) in [6.07, 6.45) is 3.83. The predicted molar refractivity (Wildman–Crippen MR) is 88.6 cm³/mol. The zero-order chi connectivity index (χ0) is 14.8. The number of hydrogen-bond acceptors (Lipinski definition) is 3. The van der Waals surface area contributed by atoms with E-state index in [2.05, 4.69) is 76.0 Å². The molecule has 113 valence electrons. The van der Waals surface area contributed by atoms with Crippen LogP contribution in [0.15, 0.2) is 60.7 Å². The van der Waals surface area contributed by atoms with Gasteiger partial charge in [0.05, 0.1) is 6.04 Å². The van der Waals surface area contributed by atoms with Gasteiger partial charge in [-0.25, -0.2) is 10.0 Å². The summed E-state index contributed by atoms with van der Waals surface area (Å²) < 4.78 is 0. The van der Waals surface area contributed by atoms with Crippen molar-refractivity contribution in [3.63, 3.8) is 0 Å². The normalized spacial score (nSPS) is 24.1. The summed E-state index contributed by atoms with van der Waals surface area (Å²) in [5.74, 6) is 0. The zero-order valence-corrected chi connectivity index (χ0v) is 12.8. The summed E-state index contributed by atoms with van der Waals surface area (Å²) in [5, 5.41) is 8.66. The largest absolute Gasteiger partial charge is 0.289 e. The molecule has 2 heterocycles. The highest BCUT2D eigenvalue weighted by molar-refractivity contribution is 5.33. The number of nitrogens with one attached hydrogen (secondary N) is 1. The van der Waals surface area contributed by atoms with E-state index >= 15 is 0 Å². The van der Waals surface area contributed by atoms with Crippen LogP contribution in [0, 0.1) is 6.17 Å². The van der Waals surface area contributed by atoms with Crippen molar-refractivity contribution in [1.82, 2.24) is 15.3 Å². The molecule has 0 bridgehead atoms. The molecule has 1 atom stereocenters. The molecule has 2 aromatic rings. The maximum absolute atomic E-state index is 3.65. The van der Waals surface area contributed by atoms with Crippen LogP contribution in [-0.4, -0.2) is 29.7 Å². The number of nitrogens with zero attached hydrogens (tertiary/aromatic N) is 2. The fourth-order valence-corrected chi connectivity index (χ4v) is 3.54. The molecule has 1 radical (unpaired) electrons. The van der Waals surface area contributed by atoms with Crippen molar-refractivity contribution in [3.8, 4) is 0 Å². The van der Waals surface area contributed by atoms with Gasteiger partial charge in [0.15, 0.2) is 0 Å². The van der Waals surface area contributed by atoms with Gasteiger partial charge in [0.2, 0.25) is 0 Å². The van der Waals surface area contributed by atoms with Crippen LogP contribution in [0.25, 0.3) is 0 Å². The molecule has 2 saturated heterocycles. The molecule has 0 aromatic heterocycles. The third-order valence-corrected chi connectivity index (χ3v) is 4.61. The first-order valence-electron chi connectivity index (χ1n) is 8.19. The van der Waals surface area contributed by atoms with E-state index in [1.54, 1.807) is 0 Å². The summed E-state index contributed by atoms with van der Waals surface area (Å²) in [5.41, 5.74) is 2.65. The van der Waals surface area contributed by atoms with Crippen molar-refractivity contribution < 1.29 is 0 Å². The minimum Gasteiger partial charge on any atom is -0.289 e. The number of hydrazine groups is 1. The first kappa shape index (κ1) is 13.9. The molecular weight excluding hydrogens is 270 g/mol. The van der Waals surface area contributed by atoms with Gasteiger partial charge in [0.1, 0.15) is 6.17 Å². The molecule has 4 rings (SSSR count). The molecule has 2 aliphatic rings. The molecule has 3 nitrogen and oxygen atoms in total. The molecule has 0 amide bonds. The quantitative estimate of drug-likeness (QED) is 0.937. The van der Waals surface area contributed by atoms with E-state index < -0.39 is 0 Å². The van der Waals surface area contributed by atoms with E-state index in [1.807, 2.05) is 0 Å². The molecule has 3 heteroatoms. The number of hydrogen-bond donors (Lipinski definition) is 1. The molecule has 2 fully saturated rings. The maximum atomic E-state index is 3.65. The van der Waals surface area contributed by atoms with Crippen molar-refractivity contribution in [2.45, 2.75) is 18.9 Å². The highest BCUT2D eigenvalue weighted by Crippen LogP contribution is 2.36. The first-order valence-corrected chi connectivity index (χ1v) is 8.19. The van der Waals surface area contributed by atoms with E-state index in [0.717, 1.165) is 19.6 Å². The van der Waals surface area contributed by atoms with Crippen molar-refractivity contribution in [2.24, 2.45) is 0 Å². The monoisotopic (exact) mass is 292 g/mol. The van der Waals surface area contributed by atoms with Crippen LogP contribution in [0.2, 0.25) is 0 Å². The van der Waals surface area contributed by atoms with Crippen LogP contribution < -0.4 is 5.32 Å². The molecule has 1 unspecified atom stereocenters. The third-order valence-electron chi connectivity index (χ3n) is 4.61. The van der Waals surface area contributed by atoms with Gasteiger partial charge < -0.3 is 0 Å². The predicted octanol–water partition coefficient (Wildman–Crippen LogP) is 3.18. The summed E-state index contributed by atoms with van der Waals surface area (Å²) in [7, 11) is 0. The third kappa shape index (κ3) is 2.56. The van der Waals surface area contributed by atoms with Crippen LogP contribution in [0.1, 0.15) is 30.0 Å². The lowest BCUT2D eigenvalue weighted by Crippen LogP contribution is -2.43. The topological polar surface area (TPSA) is 18.5 Å². The van der Waals surface area contributed by atoms with Gasteiger partial charge in [-0.05, 0) is 24.0 Å². The van der Waals surface area contributed by atoms with Gasteiger partial charge in [0.25, 0.3) is 0 Å². The number of benzene rings is 2. The molecule has 2 aromatic carbocycles. The standard InChI is InChI=1S/C19H22N3/c1-3-9-16(10-4-1)18-15-20-19(17-11-5-2-6-12-17)22(18)21-13-7-8-14-21/h1-6,9-12,18,20H,7-8,13-15H2. The van der Waals surface area contributed by atoms with Crippen LogP contribution in [-0.2, 0) is 0 Å². The van der Waals surface area contributed by atoms with Gasteiger partial charge in [-0.15, -0.1) is 0 Å². The van der Waals surface area contributed by atoms with E-state index in [0.29, 0.717) is 6.04 Å². The van der Waals surface area contributed by atoms with Gasteiger partial charge in [-0.2, -0.15) is 0 Å². The Labute approximate surface area is 132 Å². The average Bonchev–Trinajstić information content (AvgIpc) is 3.25. The van der Waals surface area contributed by atoms with Crippen molar-refractivity contribution in [1.29, 1.82) is 0 Å². The zero-order valence-electron chi connectivity index (χ0n) is 12.8. The second kappa shape index (κ2) is 6.21. The SMILES string of the molecule is c1ccc([C]2NCC(c3ccccc3)N2N2CCCC2)cc1. The lowest BCUT2D eigenvalue weighted by Gasteiger charge is -2.36.